The van der Waals surface area contributed by atoms with Crippen LogP contribution in [0.15, 0.2) is 0 Å². The van der Waals surface area contributed by atoms with Gasteiger partial charge in [0.25, 0.3) is 0 Å². The van der Waals surface area contributed by atoms with E-state index in [1.54, 1.807) is 0 Å². The van der Waals surface area contributed by atoms with Crippen LogP contribution in [0.3, 0.4) is 0 Å². The molecule has 0 N–H and O–H groups in total. The van der Waals surface area contributed by atoms with Crippen molar-refractivity contribution >= 4 is 0 Å². The summed E-state index contributed by atoms with van der Waals surface area (Å²) >= 11 is 0. The Balaban J connectivity index is 0. The molecule has 0 heterocycles. The number of hydrogen-bond acceptors (Lipinski definition) is 3. The normalized spacial score (nSPS) is 9.69. The van der Waals surface area contributed by atoms with Gasteiger partial charge in [-0.3, -0.25) is 0 Å². The van der Waals surface area contributed by atoms with Crippen molar-refractivity contribution < 1.29 is 14.2 Å². The zero-order chi connectivity index (χ0) is 10.5. The molecule has 0 aromatic rings. The molecule has 0 bridgehead atoms. The van der Waals surface area contributed by atoms with Crippen molar-refractivity contribution in [2.24, 2.45) is 0 Å². The zero-order valence-electron chi connectivity index (χ0n) is 9.63. The fourth-order valence-corrected chi connectivity index (χ4v) is 0.722. The largest absolute Gasteiger partial charge is 0.382 e. The van der Waals surface area contributed by atoms with Crippen LogP contribution in [0, 0.1) is 0 Å². The van der Waals surface area contributed by atoms with E-state index in [1.165, 1.54) is 0 Å². The highest BCUT2D eigenvalue weighted by Crippen LogP contribution is 1.90. The van der Waals surface area contributed by atoms with Crippen LogP contribution in [0.2, 0.25) is 0 Å². The van der Waals surface area contributed by atoms with Crippen LogP contribution < -0.4 is 0 Å². The quantitative estimate of drug-likeness (QED) is 0.605. The third-order valence-electron chi connectivity index (χ3n) is 1.21. The van der Waals surface area contributed by atoms with Crippen LogP contribution in [-0.4, -0.2) is 32.7 Å². The lowest BCUT2D eigenvalue weighted by Crippen LogP contribution is -2.11. The van der Waals surface area contributed by atoms with Gasteiger partial charge in [0.15, 0.2) is 6.29 Å². The molecule has 0 unspecified atom stereocenters. The van der Waals surface area contributed by atoms with Gasteiger partial charge in [0.1, 0.15) is 0 Å². The van der Waals surface area contributed by atoms with Gasteiger partial charge >= 0.3 is 0 Å². The van der Waals surface area contributed by atoms with E-state index in [-0.39, 0.29) is 6.29 Å². The van der Waals surface area contributed by atoms with Crippen LogP contribution in [-0.2, 0) is 14.2 Å². The number of hydrogen-bond donors (Lipinski definition) is 0. The zero-order valence-corrected chi connectivity index (χ0v) is 9.63. The first-order valence-electron chi connectivity index (χ1n) is 5.03. The van der Waals surface area contributed by atoms with Crippen molar-refractivity contribution in [3.63, 3.8) is 0 Å². The molecule has 3 heteroatoms. The van der Waals surface area contributed by atoms with Gasteiger partial charge in [-0.1, -0.05) is 0 Å². The predicted octanol–water partition coefficient (Wildman–Crippen LogP) is 2.45. The van der Waals surface area contributed by atoms with Gasteiger partial charge in [0, 0.05) is 26.4 Å². The molecule has 0 atom stereocenters. The van der Waals surface area contributed by atoms with E-state index in [2.05, 4.69) is 0 Å². The summed E-state index contributed by atoms with van der Waals surface area (Å²) in [5.41, 5.74) is 0. The molecule has 0 saturated carbocycles. The molecule has 82 valence electrons. The second-order valence-corrected chi connectivity index (χ2v) is 2.26. The molecular weight excluding hydrogens is 168 g/mol. The number of rotatable bonds is 6. The van der Waals surface area contributed by atoms with Crippen molar-refractivity contribution in [1.29, 1.82) is 0 Å². The minimum Gasteiger partial charge on any atom is -0.382 e. The third-order valence-corrected chi connectivity index (χ3v) is 1.21. The Morgan fingerprint density at radius 2 is 1.15 bits per heavy atom. The Morgan fingerprint density at radius 3 is 1.31 bits per heavy atom. The summed E-state index contributed by atoms with van der Waals surface area (Å²) in [6.45, 7) is 12.9. The van der Waals surface area contributed by atoms with E-state index in [9.17, 15) is 0 Å². The number of ether oxygens (including phenoxy) is 3. The van der Waals surface area contributed by atoms with Crippen LogP contribution in [0.4, 0.5) is 0 Å². The van der Waals surface area contributed by atoms with E-state index in [4.69, 9.17) is 14.2 Å². The first kappa shape index (κ1) is 15.4. The Morgan fingerprint density at radius 1 is 0.769 bits per heavy atom. The monoisotopic (exact) mass is 192 g/mol. The van der Waals surface area contributed by atoms with Gasteiger partial charge < -0.3 is 14.2 Å². The molecule has 0 amide bonds. The topological polar surface area (TPSA) is 27.7 Å². The molecule has 3 nitrogen and oxygen atoms in total. The molecular formula is C10H24O3. The standard InChI is InChI=1S/C6H14O2.C4H10O/c1-4-7-6(3)8-5-2;1-3-5-4-2/h6H,4-5H2,1-3H3;3-4H2,1-2H3. The van der Waals surface area contributed by atoms with Crippen LogP contribution in [0.25, 0.3) is 0 Å². The summed E-state index contributed by atoms with van der Waals surface area (Å²) in [5.74, 6) is 0. The van der Waals surface area contributed by atoms with Gasteiger partial charge in [0.2, 0.25) is 0 Å². The molecule has 0 aliphatic heterocycles. The van der Waals surface area contributed by atoms with Gasteiger partial charge in [-0.15, -0.1) is 0 Å². The molecule has 0 radical (unpaired) electrons. The van der Waals surface area contributed by atoms with Gasteiger partial charge in [0.05, 0.1) is 0 Å². The highest BCUT2D eigenvalue weighted by Gasteiger charge is 1.94. The van der Waals surface area contributed by atoms with E-state index in [0.29, 0.717) is 0 Å². The maximum Gasteiger partial charge on any atom is 0.154 e. The van der Waals surface area contributed by atoms with E-state index in [0.717, 1.165) is 26.4 Å². The first-order valence-corrected chi connectivity index (χ1v) is 5.03. The van der Waals surface area contributed by atoms with Crippen molar-refractivity contribution in [1.82, 2.24) is 0 Å². The smallest absolute Gasteiger partial charge is 0.154 e. The minimum absolute atomic E-state index is 0.0370. The van der Waals surface area contributed by atoms with E-state index in [1.807, 2.05) is 34.6 Å². The Bertz CT molecular complexity index is 68.6. The van der Waals surface area contributed by atoms with Gasteiger partial charge in [-0.2, -0.15) is 0 Å². The minimum atomic E-state index is -0.0370. The summed E-state index contributed by atoms with van der Waals surface area (Å²) in [7, 11) is 0. The highest BCUT2D eigenvalue weighted by molar-refractivity contribution is 4.26. The third kappa shape index (κ3) is 18.7. The molecule has 0 aromatic carbocycles. The molecule has 0 saturated heterocycles. The van der Waals surface area contributed by atoms with Crippen molar-refractivity contribution in [2.75, 3.05) is 26.4 Å². The maximum absolute atomic E-state index is 5.06. The fourth-order valence-electron chi connectivity index (χ4n) is 0.722. The van der Waals surface area contributed by atoms with Gasteiger partial charge in [-0.05, 0) is 34.6 Å². The Labute approximate surface area is 82.4 Å². The second kappa shape index (κ2) is 14.4. The van der Waals surface area contributed by atoms with Crippen LogP contribution in [0.5, 0.6) is 0 Å². The van der Waals surface area contributed by atoms with Crippen molar-refractivity contribution in [3.05, 3.63) is 0 Å². The van der Waals surface area contributed by atoms with Crippen LogP contribution >= 0.6 is 0 Å². The fraction of sp³-hybridized carbons (Fsp3) is 1.00. The summed E-state index contributed by atoms with van der Waals surface area (Å²) in [5, 5.41) is 0. The lowest BCUT2D eigenvalue weighted by atomic mass is 10.7. The van der Waals surface area contributed by atoms with Crippen molar-refractivity contribution in [2.45, 2.75) is 40.9 Å². The highest BCUT2D eigenvalue weighted by atomic mass is 16.7. The molecule has 0 aliphatic rings. The molecule has 0 aromatic heterocycles. The SMILES string of the molecule is CCOC(C)OCC.CCOCC. The summed E-state index contributed by atoms with van der Waals surface area (Å²) in [6, 6.07) is 0. The van der Waals surface area contributed by atoms with Gasteiger partial charge in [-0.25, -0.2) is 0 Å². The Hall–Kier alpha value is -0.120. The molecule has 0 fully saturated rings. The summed E-state index contributed by atoms with van der Waals surface area (Å²) < 4.78 is 15.0. The summed E-state index contributed by atoms with van der Waals surface area (Å²) in [4.78, 5) is 0. The average molecular weight is 192 g/mol. The Kier molecular flexibility index (Phi) is 17.0. The first-order chi connectivity index (χ1) is 6.22. The molecule has 0 aliphatic carbocycles. The van der Waals surface area contributed by atoms with Crippen molar-refractivity contribution in [3.8, 4) is 0 Å². The second-order valence-electron chi connectivity index (χ2n) is 2.26. The van der Waals surface area contributed by atoms with E-state index < -0.39 is 0 Å². The molecule has 0 rings (SSSR count). The molecule has 13 heavy (non-hydrogen) atoms. The average Bonchev–Trinajstić information content (AvgIpc) is 2.08. The molecule has 0 spiro atoms. The summed E-state index contributed by atoms with van der Waals surface area (Å²) in [6.07, 6.45) is -0.0370. The maximum atomic E-state index is 5.06. The lowest BCUT2D eigenvalue weighted by molar-refractivity contribution is -0.123. The van der Waals surface area contributed by atoms with Crippen LogP contribution in [0.1, 0.15) is 34.6 Å². The van der Waals surface area contributed by atoms with E-state index >= 15 is 0 Å². The predicted molar refractivity (Wildman–Crippen MR) is 54.9 cm³/mol. The lowest BCUT2D eigenvalue weighted by Gasteiger charge is -2.09.